The number of benzene rings is 3. The van der Waals surface area contributed by atoms with Gasteiger partial charge in [0.1, 0.15) is 36.6 Å². The first kappa shape index (κ1) is 38.4. The number of anilines is 4. The second-order valence-corrected chi connectivity index (χ2v) is 14.1. The van der Waals surface area contributed by atoms with Gasteiger partial charge in [-0.15, -0.1) is 0 Å². The lowest BCUT2D eigenvalue weighted by atomic mass is 9.85. The fourth-order valence-corrected chi connectivity index (χ4v) is 6.22. The predicted octanol–water partition coefficient (Wildman–Crippen LogP) is 5.99. The number of halogens is 2. The molecule has 0 aliphatic carbocycles. The van der Waals surface area contributed by atoms with Gasteiger partial charge in [-0.1, -0.05) is 56.6 Å². The van der Waals surface area contributed by atoms with Crippen LogP contribution in [0.1, 0.15) is 40.5 Å². The Bertz CT molecular complexity index is 1910. The van der Waals surface area contributed by atoms with E-state index in [1.165, 1.54) is 17.3 Å². The van der Waals surface area contributed by atoms with E-state index in [4.69, 9.17) is 21.1 Å². The minimum atomic E-state index is -0.867. The van der Waals surface area contributed by atoms with Crippen molar-refractivity contribution in [2.75, 3.05) is 44.1 Å². The number of likely N-dealkylation sites (tertiary alicyclic amines) is 1. The Kier molecular flexibility index (Phi) is 12.3. The lowest BCUT2D eigenvalue weighted by Gasteiger charge is -2.36. The maximum atomic E-state index is 15.7. The summed E-state index contributed by atoms with van der Waals surface area (Å²) in [5.74, 6) is -1.07. The number of hydrogen-bond donors (Lipinski definition) is 3. The molecule has 12 nitrogen and oxygen atoms in total. The van der Waals surface area contributed by atoms with E-state index in [1.807, 2.05) is 51.1 Å². The molecule has 1 aromatic heterocycles. The molecule has 0 unspecified atom stereocenters. The summed E-state index contributed by atoms with van der Waals surface area (Å²) in [5, 5.41) is 9.22. The smallest absolute Gasteiger partial charge is 0.247 e. The number of hydrogen-bond acceptors (Lipinski definition) is 9. The molecule has 3 amide bonds. The van der Waals surface area contributed by atoms with Crippen molar-refractivity contribution in [3.8, 4) is 5.75 Å². The van der Waals surface area contributed by atoms with E-state index in [0.717, 1.165) is 0 Å². The average Bonchev–Trinajstić information content (AvgIpc) is 3.63. The molecule has 1 aliphatic rings. The van der Waals surface area contributed by atoms with Crippen molar-refractivity contribution in [3.05, 3.63) is 77.8 Å². The number of carbonyl (C=O) groups excluding carboxylic acids is 3. The summed E-state index contributed by atoms with van der Waals surface area (Å²) in [6.07, 6.45) is 2.40. The van der Waals surface area contributed by atoms with E-state index in [1.54, 1.807) is 50.2 Å². The molecule has 4 aromatic rings. The summed E-state index contributed by atoms with van der Waals surface area (Å²) < 4.78 is 26.9. The summed E-state index contributed by atoms with van der Waals surface area (Å²) in [6.45, 7) is 8.14. The van der Waals surface area contributed by atoms with Crippen LogP contribution in [0.4, 0.5) is 27.3 Å². The molecule has 0 bridgehead atoms. The maximum Gasteiger partial charge on any atom is 0.247 e. The molecule has 5 rings (SSSR count). The zero-order chi connectivity index (χ0) is 37.6. The van der Waals surface area contributed by atoms with E-state index < -0.39 is 35.3 Å². The van der Waals surface area contributed by atoms with Gasteiger partial charge in [0.15, 0.2) is 5.82 Å². The van der Waals surface area contributed by atoms with Gasteiger partial charge >= 0.3 is 0 Å². The molecule has 1 saturated heterocycles. The maximum absolute atomic E-state index is 15.7. The van der Waals surface area contributed by atoms with E-state index >= 15 is 4.39 Å². The summed E-state index contributed by atoms with van der Waals surface area (Å²) >= 11 is 6.24. The predicted molar refractivity (Wildman–Crippen MR) is 200 cm³/mol. The first-order chi connectivity index (χ1) is 24.8. The zero-order valence-corrected chi connectivity index (χ0v) is 31.0. The van der Waals surface area contributed by atoms with Crippen molar-refractivity contribution in [1.29, 1.82) is 0 Å². The number of amides is 3. The molecule has 52 heavy (non-hydrogen) atoms. The van der Waals surface area contributed by atoms with Gasteiger partial charge in [0, 0.05) is 30.8 Å². The van der Waals surface area contributed by atoms with Crippen LogP contribution in [0.25, 0.3) is 10.9 Å². The molecule has 3 atom stereocenters. The van der Waals surface area contributed by atoms with Crippen LogP contribution < -0.4 is 25.6 Å². The van der Waals surface area contributed by atoms with Gasteiger partial charge in [0.05, 0.1) is 34.6 Å². The highest BCUT2D eigenvalue weighted by molar-refractivity contribution is 6.31. The minimum Gasteiger partial charge on any atom is -0.489 e. The molecule has 0 saturated carbocycles. The molecule has 1 aliphatic heterocycles. The lowest BCUT2D eigenvalue weighted by Crippen LogP contribution is -2.59. The van der Waals surface area contributed by atoms with Crippen molar-refractivity contribution in [1.82, 2.24) is 25.5 Å². The number of aromatic nitrogens is 2. The number of nitrogens with zero attached hydrogens (tertiary/aromatic N) is 4. The van der Waals surface area contributed by atoms with Gasteiger partial charge in [-0.2, -0.15) is 0 Å². The van der Waals surface area contributed by atoms with Crippen LogP contribution in [0.3, 0.4) is 0 Å². The van der Waals surface area contributed by atoms with Gasteiger partial charge in [-0.25, -0.2) is 14.4 Å². The van der Waals surface area contributed by atoms with E-state index in [0.29, 0.717) is 53.2 Å². The van der Waals surface area contributed by atoms with Crippen LogP contribution >= 0.6 is 11.6 Å². The highest BCUT2D eigenvalue weighted by Gasteiger charge is 2.42. The molecule has 0 radical (unpaired) electrons. The number of rotatable bonds is 13. The fourth-order valence-electron chi connectivity index (χ4n) is 6.05. The van der Waals surface area contributed by atoms with E-state index in [-0.39, 0.29) is 35.7 Å². The standard InChI is InChI=1S/C38H45ClFN7O5/c1-23(41-5)35(48)45-33(38(2,3)4)37(50)46-17-11-16-30(46)36(49)44-28-20-25-27(21-31(28)52-19-18-51-6)42-22-43-34(25)47(24-12-8-7-9-13-24)29-15-10-14-26(39)32(29)40/h7-10,12-15,20-23,30,33,41H,11,16-19H2,1-6H3,(H,44,49)(H,45,48)/t23-,30-,33+/m0/s1. The highest BCUT2D eigenvalue weighted by Crippen LogP contribution is 2.42. The zero-order valence-electron chi connectivity index (χ0n) is 30.2. The highest BCUT2D eigenvalue weighted by atomic mass is 35.5. The number of likely N-dealkylation sites (N-methyl/N-ethyl adjacent to an activating group) is 1. The molecular formula is C38H45ClFN7O5. The second-order valence-electron chi connectivity index (χ2n) is 13.6. The minimum absolute atomic E-state index is 0.0564. The van der Waals surface area contributed by atoms with Gasteiger partial charge < -0.3 is 30.3 Å². The van der Waals surface area contributed by atoms with Crippen molar-refractivity contribution in [3.63, 3.8) is 0 Å². The fraction of sp³-hybridized carbons (Fsp3) is 0.395. The molecule has 276 valence electrons. The Morgan fingerprint density at radius 1 is 1.08 bits per heavy atom. The first-order valence-electron chi connectivity index (χ1n) is 17.1. The van der Waals surface area contributed by atoms with E-state index in [2.05, 4.69) is 25.9 Å². The van der Waals surface area contributed by atoms with Crippen molar-refractivity contribution in [2.45, 2.75) is 58.7 Å². The summed E-state index contributed by atoms with van der Waals surface area (Å²) in [4.78, 5) is 53.3. The molecule has 2 heterocycles. The number of methoxy groups -OCH3 is 1. The molecule has 3 N–H and O–H groups in total. The van der Waals surface area contributed by atoms with Gasteiger partial charge in [-0.05, 0) is 62.6 Å². The van der Waals surface area contributed by atoms with Crippen LogP contribution in [0.15, 0.2) is 67.0 Å². The summed E-state index contributed by atoms with van der Waals surface area (Å²) in [5.41, 5.74) is 0.908. The van der Waals surface area contributed by atoms with Gasteiger partial charge in [0.2, 0.25) is 17.7 Å². The summed E-state index contributed by atoms with van der Waals surface area (Å²) in [7, 11) is 3.22. The molecule has 0 spiro atoms. The monoisotopic (exact) mass is 733 g/mol. The first-order valence-corrected chi connectivity index (χ1v) is 17.5. The number of ether oxygens (including phenoxy) is 2. The molecule has 1 fully saturated rings. The summed E-state index contributed by atoms with van der Waals surface area (Å²) in [6, 6.07) is 15.0. The normalized spacial score (nSPS) is 15.6. The van der Waals surface area contributed by atoms with Gasteiger partial charge in [0.25, 0.3) is 0 Å². The van der Waals surface area contributed by atoms with Crippen LogP contribution in [-0.4, -0.2) is 84.6 Å². The van der Waals surface area contributed by atoms with Gasteiger partial charge in [-0.3, -0.25) is 19.3 Å². The Morgan fingerprint density at radius 2 is 1.83 bits per heavy atom. The van der Waals surface area contributed by atoms with Crippen molar-refractivity contribution >= 4 is 63.1 Å². The SMILES string of the molecule is CN[C@@H](C)C(=O)N[C@H](C(=O)N1CCC[C@H]1C(=O)Nc1cc2c(N(c3ccccc3)c3cccc(Cl)c3F)ncnc2cc1OCCOC)C(C)(C)C. The van der Waals surface area contributed by atoms with Crippen LogP contribution in [0.2, 0.25) is 5.02 Å². The topological polar surface area (TPSA) is 138 Å². The Hall–Kier alpha value is -4.85. The van der Waals surface area contributed by atoms with Crippen LogP contribution in [0, 0.1) is 11.2 Å². The molecular weight excluding hydrogens is 689 g/mol. The number of carbonyl (C=O) groups is 3. The number of para-hydroxylation sites is 1. The second kappa shape index (κ2) is 16.7. The number of nitrogens with one attached hydrogen (secondary N) is 3. The van der Waals surface area contributed by atoms with Crippen LogP contribution in [-0.2, 0) is 19.1 Å². The number of fused-ring (bicyclic) bond motifs is 1. The Balaban J connectivity index is 1.55. The lowest BCUT2D eigenvalue weighted by molar-refractivity contribution is -0.143. The largest absolute Gasteiger partial charge is 0.489 e. The van der Waals surface area contributed by atoms with Crippen molar-refractivity contribution in [2.24, 2.45) is 5.41 Å². The molecule has 14 heteroatoms. The Morgan fingerprint density at radius 3 is 2.52 bits per heavy atom. The third-order valence-electron chi connectivity index (χ3n) is 8.98. The third-order valence-corrected chi connectivity index (χ3v) is 9.27. The molecule has 3 aromatic carbocycles. The third kappa shape index (κ3) is 8.43. The van der Waals surface area contributed by atoms with Crippen LogP contribution in [0.5, 0.6) is 5.75 Å². The quantitative estimate of drug-likeness (QED) is 0.142. The van der Waals surface area contributed by atoms with E-state index in [9.17, 15) is 14.4 Å². The Labute approximate surface area is 308 Å². The average molecular weight is 734 g/mol. The van der Waals surface area contributed by atoms with Crippen molar-refractivity contribution < 1.29 is 28.2 Å².